The second kappa shape index (κ2) is 6.42. The Morgan fingerprint density at radius 3 is 2.03 bits per heavy atom. The molecule has 0 spiro atoms. The van der Waals surface area contributed by atoms with Crippen LogP contribution in [0.4, 0.5) is 0 Å². The van der Waals surface area contributed by atoms with E-state index in [1.165, 1.54) is 82.3 Å². The highest BCUT2D eigenvalue weighted by atomic mass is 14.7. The largest absolute Gasteiger partial charge is 0.251 e. The molecule has 0 unspecified atom stereocenters. The van der Waals surface area contributed by atoms with Crippen LogP contribution in [0.3, 0.4) is 0 Å². The molecule has 2 aliphatic rings. The topological polar surface area (TPSA) is 12.9 Å². The van der Waals surface area contributed by atoms with Gasteiger partial charge in [-0.1, -0.05) is 88.4 Å². The molecule has 0 N–H and O–H groups in total. The minimum Gasteiger partial charge on any atom is -0.251 e. The van der Waals surface area contributed by atoms with Gasteiger partial charge in [0.25, 0.3) is 0 Å². The lowest BCUT2D eigenvalue weighted by molar-refractivity contribution is 0.637. The smallest absolute Gasteiger partial charge is 0.0706 e. The van der Waals surface area contributed by atoms with E-state index in [1.54, 1.807) is 0 Å². The number of nitrogens with zero attached hydrogens (tertiary/aromatic N) is 1. The molecular weight excluding hydrogens is 458 g/mol. The molecule has 0 saturated carbocycles. The van der Waals surface area contributed by atoms with Gasteiger partial charge in [0, 0.05) is 21.8 Å². The van der Waals surface area contributed by atoms with E-state index in [0.29, 0.717) is 0 Å². The van der Waals surface area contributed by atoms with Crippen molar-refractivity contribution in [3.63, 3.8) is 0 Å². The number of hydrogen-bond acceptors (Lipinski definition) is 1. The van der Waals surface area contributed by atoms with Crippen molar-refractivity contribution in [3.8, 4) is 22.3 Å². The summed E-state index contributed by atoms with van der Waals surface area (Å²) in [6.07, 6.45) is 0. The minimum atomic E-state index is -0.152. The molecule has 1 heteroatoms. The first kappa shape index (κ1) is 20.8. The lowest BCUT2D eigenvalue weighted by Gasteiger charge is -2.24. The molecule has 0 fully saturated rings. The minimum absolute atomic E-state index is 0.0820. The van der Waals surface area contributed by atoms with Crippen LogP contribution in [0.5, 0.6) is 0 Å². The van der Waals surface area contributed by atoms with Crippen molar-refractivity contribution in [3.05, 3.63) is 113 Å². The van der Waals surface area contributed by atoms with E-state index in [4.69, 9.17) is 4.98 Å². The van der Waals surface area contributed by atoms with Crippen LogP contribution in [0.25, 0.3) is 65.5 Å². The average Bonchev–Trinajstić information content (AvgIpc) is 3.28. The zero-order valence-electron chi connectivity index (χ0n) is 22.1. The Morgan fingerprint density at radius 1 is 0.500 bits per heavy atom. The predicted molar refractivity (Wildman–Crippen MR) is 161 cm³/mol. The molecule has 9 rings (SSSR count). The molecule has 2 aliphatic carbocycles. The first-order valence-corrected chi connectivity index (χ1v) is 13.6. The van der Waals surface area contributed by atoms with Gasteiger partial charge >= 0.3 is 0 Å². The summed E-state index contributed by atoms with van der Waals surface area (Å²) in [7, 11) is 0. The predicted octanol–water partition coefficient (Wildman–Crippen LogP) is 9.74. The highest BCUT2D eigenvalue weighted by Gasteiger charge is 2.43. The van der Waals surface area contributed by atoms with Gasteiger partial charge in [-0.05, 0) is 96.0 Å². The number of rotatable bonds is 0. The SMILES string of the molecule is CC1(C)c2cc3c(cc2-c2c1cc1ccc4cccc5ccc2c1c45)C(C)(C)c1nc2ccccc2cc1-3. The molecule has 1 heterocycles. The van der Waals surface area contributed by atoms with Gasteiger partial charge in [0.2, 0.25) is 0 Å². The normalized spacial score (nSPS) is 16.3. The molecule has 0 radical (unpaired) electrons. The average molecular weight is 486 g/mol. The third kappa shape index (κ3) is 2.28. The van der Waals surface area contributed by atoms with Gasteiger partial charge in [-0.25, -0.2) is 0 Å². The fraction of sp³-hybridized carbons (Fsp3) is 0.162. The summed E-state index contributed by atoms with van der Waals surface area (Å²) >= 11 is 0. The molecule has 38 heavy (non-hydrogen) atoms. The van der Waals surface area contributed by atoms with Crippen molar-refractivity contribution in [2.45, 2.75) is 38.5 Å². The Bertz CT molecular complexity index is 2160. The second-order valence-electron chi connectivity index (χ2n) is 12.4. The molecule has 1 aromatic heterocycles. The van der Waals surface area contributed by atoms with Crippen LogP contribution in [0.1, 0.15) is 50.1 Å². The van der Waals surface area contributed by atoms with E-state index in [1.807, 2.05) is 0 Å². The summed E-state index contributed by atoms with van der Waals surface area (Å²) in [5.41, 5.74) is 11.8. The van der Waals surface area contributed by atoms with Crippen LogP contribution in [-0.2, 0) is 10.8 Å². The number of fused-ring (bicyclic) bond motifs is 8. The van der Waals surface area contributed by atoms with E-state index in [0.717, 1.165) is 5.52 Å². The van der Waals surface area contributed by atoms with Crippen molar-refractivity contribution in [1.82, 2.24) is 4.98 Å². The number of hydrogen-bond donors (Lipinski definition) is 0. The number of para-hydroxylation sites is 1. The zero-order valence-corrected chi connectivity index (χ0v) is 22.1. The highest BCUT2D eigenvalue weighted by molar-refractivity contribution is 6.26. The van der Waals surface area contributed by atoms with Gasteiger partial charge in [0.15, 0.2) is 0 Å². The molecular formula is C37H27N. The van der Waals surface area contributed by atoms with Crippen LogP contribution in [-0.4, -0.2) is 4.98 Å². The van der Waals surface area contributed by atoms with Gasteiger partial charge in [-0.3, -0.25) is 4.98 Å². The summed E-state index contributed by atoms with van der Waals surface area (Å²) in [5, 5.41) is 9.37. The van der Waals surface area contributed by atoms with Gasteiger partial charge < -0.3 is 0 Å². The molecule has 0 bridgehead atoms. The highest BCUT2D eigenvalue weighted by Crippen LogP contribution is 2.58. The summed E-state index contributed by atoms with van der Waals surface area (Å²) in [4.78, 5) is 5.21. The van der Waals surface area contributed by atoms with E-state index in [2.05, 4.69) is 119 Å². The molecule has 6 aromatic carbocycles. The van der Waals surface area contributed by atoms with Crippen LogP contribution in [0.15, 0.2) is 91.0 Å². The zero-order chi connectivity index (χ0) is 25.6. The van der Waals surface area contributed by atoms with E-state index in [-0.39, 0.29) is 10.8 Å². The Kier molecular flexibility index (Phi) is 3.51. The molecule has 0 aliphatic heterocycles. The Morgan fingerprint density at radius 2 is 1.18 bits per heavy atom. The third-order valence-electron chi connectivity index (χ3n) is 9.70. The van der Waals surface area contributed by atoms with Crippen LogP contribution in [0.2, 0.25) is 0 Å². The lowest BCUT2D eigenvalue weighted by atomic mass is 9.79. The molecule has 0 atom stereocenters. The first-order valence-electron chi connectivity index (χ1n) is 13.6. The maximum atomic E-state index is 5.21. The Balaban J connectivity index is 1.40. The molecule has 180 valence electrons. The van der Waals surface area contributed by atoms with Crippen molar-refractivity contribution in [2.75, 3.05) is 0 Å². The number of benzene rings is 6. The Hall–Kier alpha value is -4.23. The van der Waals surface area contributed by atoms with Crippen molar-refractivity contribution >= 4 is 43.2 Å². The van der Waals surface area contributed by atoms with Crippen LogP contribution >= 0.6 is 0 Å². The van der Waals surface area contributed by atoms with E-state index >= 15 is 0 Å². The summed E-state index contributed by atoms with van der Waals surface area (Å²) in [6, 6.07) is 34.3. The van der Waals surface area contributed by atoms with Gasteiger partial charge in [0.05, 0.1) is 11.2 Å². The fourth-order valence-corrected chi connectivity index (χ4v) is 7.73. The standard InChI is InChI=1S/C37H27N/c1-36(2)29-18-25-26-16-22-8-5-6-11-31(22)38-35(26)37(3,4)28(25)19-27(29)34-24-15-14-21-10-7-9-20-12-13-23(17-30(34)36)33(24)32(20)21/h5-19H,1-4H3. The Labute approximate surface area is 222 Å². The fourth-order valence-electron chi connectivity index (χ4n) is 7.73. The van der Waals surface area contributed by atoms with Crippen LogP contribution in [0, 0.1) is 0 Å². The number of aromatic nitrogens is 1. The maximum Gasteiger partial charge on any atom is 0.0706 e. The van der Waals surface area contributed by atoms with Gasteiger partial charge in [-0.2, -0.15) is 0 Å². The molecule has 1 nitrogen and oxygen atoms in total. The summed E-state index contributed by atoms with van der Waals surface area (Å²) in [5.74, 6) is 0. The third-order valence-corrected chi connectivity index (χ3v) is 9.70. The maximum absolute atomic E-state index is 5.21. The molecule has 7 aromatic rings. The second-order valence-corrected chi connectivity index (χ2v) is 12.4. The van der Waals surface area contributed by atoms with E-state index < -0.39 is 0 Å². The lowest BCUT2D eigenvalue weighted by Crippen LogP contribution is -2.18. The summed E-state index contributed by atoms with van der Waals surface area (Å²) in [6.45, 7) is 9.50. The van der Waals surface area contributed by atoms with E-state index in [9.17, 15) is 0 Å². The van der Waals surface area contributed by atoms with Crippen molar-refractivity contribution < 1.29 is 0 Å². The number of pyridine rings is 1. The van der Waals surface area contributed by atoms with Crippen molar-refractivity contribution in [1.29, 1.82) is 0 Å². The quantitative estimate of drug-likeness (QED) is 0.195. The van der Waals surface area contributed by atoms with Crippen LogP contribution < -0.4 is 0 Å². The molecule has 0 amide bonds. The monoisotopic (exact) mass is 485 g/mol. The van der Waals surface area contributed by atoms with Gasteiger partial charge in [-0.15, -0.1) is 0 Å². The summed E-state index contributed by atoms with van der Waals surface area (Å²) < 4.78 is 0. The first-order chi connectivity index (χ1) is 18.3. The van der Waals surface area contributed by atoms with Gasteiger partial charge in [0.1, 0.15) is 0 Å². The van der Waals surface area contributed by atoms with Crippen molar-refractivity contribution in [2.24, 2.45) is 0 Å². The molecule has 0 saturated heterocycles.